The van der Waals surface area contributed by atoms with E-state index in [1.165, 1.54) is 0 Å². The van der Waals surface area contributed by atoms with Crippen molar-refractivity contribution in [3.05, 3.63) is 59.7 Å². The van der Waals surface area contributed by atoms with Gasteiger partial charge in [-0.15, -0.1) is 0 Å². The van der Waals surface area contributed by atoms with Gasteiger partial charge in [0, 0.05) is 24.8 Å². The molecule has 0 bridgehead atoms. The lowest BCUT2D eigenvalue weighted by Crippen LogP contribution is -2.44. The molecule has 0 fully saturated rings. The molecule has 3 rings (SSSR count). The highest BCUT2D eigenvalue weighted by molar-refractivity contribution is 5.89. The molecule has 2 amide bonds. The highest BCUT2D eigenvalue weighted by Crippen LogP contribution is 2.44. The van der Waals surface area contributed by atoms with E-state index in [1.807, 2.05) is 50.2 Å². The van der Waals surface area contributed by atoms with Crippen molar-refractivity contribution >= 4 is 17.8 Å². The maximum absolute atomic E-state index is 12.4. The van der Waals surface area contributed by atoms with Crippen molar-refractivity contribution in [1.29, 1.82) is 0 Å². The van der Waals surface area contributed by atoms with Crippen molar-refractivity contribution in [2.24, 2.45) is 23.3 Å². The van der Waals surface area contributed by atoms with E-state index < -0.39 is 24.0 Å². The first kappa shape index (κ1) is 23.5. The largest absolute Gasteiger partial charge is 0.449 e. The Morgan fingerprint density at radius 3 is 2.09 bits per heavy atom. The number of hydrogen-bond donors (Lipinski definition) is 3. The van der Waals surface area contributed by atoms with E-state index in [9.17, 15) is 14.4 Å². The van der Waals surface area contributed by atoms with Crippen molar-refractivity contribution in [1.82, 2.24) is 5.32 Å². The van der Waals surface area contributed by atoms with E-state index in [1.54, 1.807) is 0 Å². The summed E-state index contributed by atoms with van der Waals surface area (Å²) in [7, 11) is 0. The number of Topliss-reactive ketones (excluding diaryl/α,β-unsaturated/α-hetero) is 1. The average Bonchev–Trinajstić information content (AvgIpc) is 3.09. The number of ketones is 1. The van der Waals surface area contributed by atoms with Crippen molar-refractivity contribution in [2.75, 3.05) is 13.2 Å². The normalized spacial score (nSPS) is 14.4. The molecule has 0 aliphatic heterocycles. The molecule has 5 N–H and O–H groups in total. The van der Waals surface area contributed by atoms with Gasteiger partial charge in [0.25, 0.3) is 0 Å². The molecule has 7 heteroatoms. The molecule has 2 aromatic carbocycles. The fourth-order valence-corrected chi connectivity index (χ4v) is 4.22. The second-order valence-corrected chi connectivity index (χ2v) is 8.71. The Labute approximate surface area is 188 Å². The van der Waals surface area contributed by atoms with Gasteiger partial charge in [0.15, 0.2) is 5.78 Å². The van der Waals surface area contributed by atoms with Gasteiger partial charge in [-0.2, -0.15) is 0 Å². The van der Waals surface area contributed by atoms with E-state index in [0.717, 1.165) is 22.3 Å². The molecular weight excluding hydrogens is 406 g/mol. The van der Waals surface area contributed by atoms with Gasteiger partial charge in [-0.3, -0.25) is 9.59 Å². The van der Waals surface area contributed by atoms with Gasteiger partial charge in [0.1, 0.15) is 6.61 Å². The summed E-state index contributed by atoms with van der Waals surface area (Å²) in [5.74, 6) is -1.19. The molecule has 0 unspecified atom stereocenters. The topological polar surface area (TPSA) is 125 Å². The van der Waals surface area contributed by atoms with E-state index in [-0.39, 0.29) is 37.2 Å². The number of hydrogen-bond acceptors (Lipinski definition) is 5. The number of rotatable bonds is 10. The van der Waals surface area contributed by atoms with Crippen LogP contribution < -0.4 is 16.8 Å². The van der Waals surface area contributed by atoms with Crippen molar-refractivity contribution < 1.29 is 19.1 Å². The number of alkyl carbamates (subject to hydrolysis) is 1. The molecular formula is C25H31N3O4. The first-order valence-electron chi connectivity index (χ1n) is 10.9. The van der Waals surface area contributed by atoms with Crippen LogP contribution in [0.5, 0.6) is 0 Å². The minimum absolute atomic E-state index is 0.0267. The van der Waals surface area contributed by atoms with Gasteiger partial charge in [0.2, 0.25) is 5.91 Å². The summed E-state index contributed by atoms with van der Waals surface area (Å²) in [4.78, 5) is 36.2. The van der Waals surface area contributed by atoms with Crippen LogP contribution in [0.3, 0.4) is 0 Å². The molecule has 7 nitrogen and oxygen atoms in total. The highest BCUT2D eigenvalue weighted by atomic mass is 16.5. The molecule has 1 aliphatic carbocycles. The third kappa shape index (κ3) is 5.53. The number of benzene rings is 2. The van der Waals surface area contributed by atoms with E-state index in [2.05, 4.69) is 17.4 Å². The van der Waals surface area contributed by atoms with Crippen LogP contribution in [0, 0.1) is 11.8 Å². The first-order chi connectivity index (χ1) is 15.3. The number of carbonyl (C=O) groups excluding carboxylic acids is 3. The Hall–Kier alpha value is -3.19. The number of nitrogens with two attached hydrogens (primary N) is 2. The SMILES string of the molecule is CC(C)C[C@H](CC(=O)[C@@H](N)CNC(=O)OCC1c2ccccc2-c2ccccc21)C(N)=O. The summed E-state index contributed by atoms with van der Waals surface area (Å²) < 4.78 is 5.45. The Kier molecular flexibility index (Phi) is 7.64. The Balaban J connectivity index is 1.51. The van der Waals surface area contributed by atoms with Crippen LogP contribution in [-0.4, -0.2) is 37.0 Å². The van der Waals surface area contributed by atoms with Crippen LogP contribution in [0.25, 0.3) is 11.1 Å². The predicted molar refractivity (Wildman–Crippen MR) is 123 cm³/mol. The van der Waals surface area contributed by atoms with E-state index in [0.29, 0.717) is 6.42 Å². The molecule has 32 heavy (non-hydrogen) atoms. The van der Waals surface area contributed by atoms with Crippen LogP contribution in [-0.2, 0) is 14.3 Å². The van der Waals surface area contributed by atoms with Gasteiger partial charge < -0.3 is 21.5 Å². The fraction of sp³-hybridized carbons (Fsp3) is 0.400. The lowest BCUT2D eigenvalue weighted by molar-refractivity contribution is -0.128. The summed E-state index contributed by atoms with van der Waals surface area (Å²) >= 11 is 0. The maximum atomic E-state index is 12.4. The van der Waals surface area contributed by atoms with Gasteiger partial charge in [0.05, 0.1) is 6.04 Å². The first-order valence-corrected chi connectivity index (χ1v) is 10.9. The van der Waals surface area contributed by atoms with Crippen molar-refractivity contribution in [3.63, 3.8) is 0 Å². The molecule has 1 aliphatic rings. The van der Waals surface area contributed by atoms with Gasteiger partial charge in [-0.05, 0) is 34.6 Å². The molecule has 2 atom stereocenters. The van der Waals surface area contributed by atoms with Crippen LogP contribution >= 0.6 is 0 Å². The minimum atomic E-state index is -0.926. The average molecular weight is 438 g/mol. The summed E-state index contributed by atoms with van der Waals surface area (Å²) in [6.45, 7) is 4.03. The van der Waals surface area contributed by atoms with Crippen LogP contribution in [0.15, 0.2) is 48.5 Å². The third-order valence-electron chi connectivity index (χ3n) is 5.83. The smallest absolute Gasteiger partial charge is 0.407 e. The maximum Gasteiger partial charge on any atom is 0.407 e. The molecule has 0 radical (unpaired) electrons. The zero-order valence-electron chi connectivity index (χ0n) is 18.5. The molecule has 170 valence electrons. The molecule has 0 saturated carbocycles. The van der Waals surface area contributed by atoms with Crippen LogP contribution in [0.2, 0.25) is 0 Å². The van der Waals surface area contributed by atoms with Crippen LogP contribution in [0.4, 0.5) is 4.79 Å². The van der Waals surface area contributed by atoms with Gasteiger partial charge in [-0.1, -0.05) is 62.4 Å². The quantitative estimate of drug-likeness (QED) is 0.527. The Morgan fingerprint density at radius 2 is 1.56 bits per heavy atom. The molecule has 2 aromatic rings. The number of carbonyl (C=O) groups is 3. The Bertz CT molecular complexity index is 943. The molecule has 0 saturated heterocycles. The number of fused-ring (bicyclic) bond motifs is 3. The second-order valence-electron chi connectivity index (χ2n) is 8.71. The summed E-state index contributed by atoms with van der Waals surface area (Å²) in [6, 6.07) is 15.2. The summed E-state index contributed by atoms with van der Waals surface area (Å²) in [6.07, 6.45) is -0.141. The second kappa shape index (κ2) is 10.4. The van der Waals surface area contributed by atoms with Crippen LogP contribution in [0.1, 0.15) is 43.7 Å². The lowest BCUT2D eigenvalue weighted by Gasteiger charge is -2.18. The van der Waals surface area contributed by atoms with E-state index in [4.69, 9.17) is 16.2 Å². The standard InChI is InChI=1S/C25H31N3O4/c1-15(2)11-16(24(27)30)12-23(29)22(26)13-28-25(31)32-14-21-19-9-5-3-7-17(19)18-8-4-6-10-20(18)21/h3-10,15-16,21-22H,11-14,26H2,1-2H3,(H2,27,30)(H,28,31)/t16-,22+/m1/s1. The lowest BCUT2D eigenvalue weighted by atomic mass is 9.90. The zero-order valence-corrected chi connectivity index (χ0v) is 18.5. The zero-order chi connectivity index (χ0) is 23.3. The third-order valence-corrected chi connectivity index (χ3v) is 5.83. The summed E-state index contributed by atoms with van der Waals surface area (Å²) in [5, 5.41) is 2.56. The number of nitrogens with one attached hydrogen (secondary N) is 1. The molecule has 0 aromatic heterocycles. The van der Waals surface area contributed by atoms with Crippen molar-refractivity contribution in [2.45, 2.75) is 38.6 Å². The van der Waals surface area contributed by atoms with E-state index >= 15 is 0 Å². The summed E-state index contributed by atoms with van der Waals surface area (Å²) in [5.41, 5.74) is 15.9. The predicted octanol–water partition coefficient (Wildman–Crippen LogP) is 2.96. The number of ether oxygens (including phenoxy) is 1. The monoisotopic (exact) mass is 437 g/mol. The van der Waals surface area contributed by atoms with Crippen molar-refractivity contribution in [3.8, 4) is 11.1 Å². The molecule has 0 spiro atoms. The van der Waals surface area contributed by atoms with Gasteiger partial charge in [-0.25, -0.2) is 4.79 Å². The fourth-order valence-electron chi connectivity index (χ4n) is 4.22. The molecule has 0 heterocycles. The highest BCUT2D eigenvalue weighted by Gasteiger charge is 2.29. The number of amides is 2. The Morgan fingerprint density at radius 1 is 1.00 bits per heavy atom. The van der Waals surface area contributed by atoms with Gasteiger partial charge >= 0.3 is 6.09 Å². The minimum Gasteiger partial charge on any atom is -0.449 e. The number of primary amides is 1.